The van der Waals surface area contributed by atoms with E-state index >= 15 is 0 Å². The molecule has 0 saturated heterocycles. The van der Waals surface area contributed by atoms with Gasteiger partial charge >= 0.3 is 5.97 Å². The van der Waals surface area contributed by atoms with Gasteiger partial charge < -0.3 is 5.11 Å². The second-order valence-corrected chi connectivity index (χ2v) is 8.28. The largest absolute Gasteiger partial charge is 0.478 e. The first-order chi connectivity index (χ1) is 11.3. The molecule has 2 aromatic rings. The van der Waals surface area contributed by atoms with Crippen LogP contribution in [-0.4, -0.2) is 19.5 Å². The molecule has 0 atom stereocenters. The van der Waals surface area contributed by atoms with Gasteiger partial charge in [0.2, 0.25) is 9.84 Å². The van der Waals surface area contributed by atoms with E-state index in [2.05, 4.69) is 31.9 Å². The van der Waals surface area contributed by atoms with E-state index in [9.17, 15) is 18.5 Å². The molecule has 0 saturated carbocycles. The molecule has 8 heteroatoms. The Morgan fingerprint density at radius 2 is 1.75 bits per heavy atom. The zero-order valence-electron chi connectivity index (χ0n) is 11.9. The van der Waals surface area contributed by atoms with Gasteiger partial charge in [-0.1, -0.05) is 28.1 Å². The fourth-order valence-electron chi connectivity index (χ4n) is 1.84. The van der Waals surface area contributed by atoms with Crippen LogP contribution in [0.3, 0.4) is 0 Å². The van der Waals surface area contributed by atoms with Gasteiger partial charge in [-0.2, -0.15) is 5.26 Å². The molecule has 2 aromatic carbocycles. The van der Waals surface area contributed by atoms with Crippen LogP contribution in [0.1, 0.15) is 15.9 Å². The Morgan fingerprint density at radius 1 is 1.12 bits per heavy atom. The molecular weight excluding hydrogens is 462 g/mol. The van der Waals surface area contributed by atoms with E-state index in [1.54, 1.807) is 18.2 Å². The van der Waals surface area contributed by atoms with Gasteiger partial charge in [-0.05, 0) is 57.9 Å². The molecule has 0 radical (unpaired) electrons. The molecule has 0 spiro atoms. The third-order valence-corrected chi connectivity index (χ3v) is 6.19. The maximum atomic E-state index is 12.7. The maximum absolute atomic E-state index is 12.7. The van der Waals surface area contributed by atoms with E-state index in [1.807, 2.05) is 0 Å². The Bertz CT molecular complexity index is 974. The highest BCUT2D eigenvalue weighted by atomic mass is 79.9. The van der Waals surface area contributed by atoms with Crippen molar-refractivity contribution in [3.8, 4) is 6.07 Å². The Morgan fingerprint density at radius 3 is 2.29 bits per heavy atom. The number of carboxylic acid groups (broad SMARTS) is 1. The molecule has 0 bridgehead atoms. The van der Waals surface area contributed by atoms with E-state index in [4.69, 9.17) is 5.11 Å². The molecular formula is C16H9Br2NO4S. The normalized spacial score (nSPS) is 11.8. The van der Waals surface area contributed by atoms with E-state index in [0.717, 1.165) is 0 Å². The minimum atomic E-state index is -4.02. The fourth-order valence-corrected chi connectivity index (χ4v) is 4.50. The zero-order chi connectivity index (χ0) is 17.9. The predicted octanol–water partition coefficient (Wildman–Crippen LogP) is 4.25. The molecule has 0 unspecified atom stereocenters. The highest BCUT2D eigenvalue weighted by molar-refractivity contribution is 9.11. The van der Waals surface area contributed by atoms with Gasteiger partial charge in [-0.25, -0.2) is 13.2 Å². The van der Waals surface area contributed by atoms with Crippen molar-refractivity contribution in [2.24, 2.45) is 0 Å². The van der Waals surface area contributed by atoms with Gasteiger partial charge in [0.1, 0.15) is 11.0 Å². The van der Waals surface area contributed by atoms with Crippen molar-refractivity contribution < 1.29 is 18.3 Å². The Kier molecular flexibility index (Phi) is 5.59. The standard InChI is InChI=1S/C16H9Br2NO4S/c17-12-5-6-14(18)15(8-12)24(22,23)13(9-19)7-10-1-3-11(4-2-10)16(20)21/h1-8H,(H,20,21). The second-order valence-electron chi connectivity index (χ2n) is 4.63. The molecule has 0 aromatic heterocycles. The summed E-state index contributed by atoms with van der Waals surface area (Å²) in [7, 11) is -4.02. The van der Waals surface area contributed by atoms with Crippen LogP contribution in [0.25, 0.3) is 6.08 Å². The summed E-state index contributed by atoms with van der Waals surface area (Å²) in [5.41, 5.74) is 0.481. The maximum Gasteiger partial charge on any atom is 0.335 e. The summed E-state index contributed by atoms with van der Waals surface area (Å²) in [6.07, 6.45) is 1.20. The quantitative estimate of drug-likeness (QED) is 0.674. The number of allylic oxidation sites excluding steroid dienone is 1. The fraction of sp³-hybridized carbons (Fsp3) is 0. The third-order valence-electron chi connectivity index (χ3n) is 3.04. The van der Waals surface area contributed by atoms with Crippen molar-refractivity contribution in [1.29, 1.82) is 5.26 Å². The van der Waals surface area contributed by atoms with E-state index in [1.165, 1.54) is 36.4 Å². The van der Waals surface area contributed by atoms with Gasteiger partial charge in [0.05, 0.1) is 10.5 Å². The summed E-state index contributed by atoms with van der Waals surface area (Å²) in [4.78, 5) is 10.4. The number of hydrogen-bond acceptors (Lipinski definition) is 4. The monoisotopic (exact) mass is 469 g/mol. The van der Waals surface area contributed by atoms with Crippen LogP contribution in [0.5, 0.6) is 0 Å². The number of hydrogen-bond donors (Lipinski definition) is 1. The smallest absolute Gasteiger partial charge is 0.335 e. The average molecular weight is 471 g/mol. The summed E-state index contributed by atoms with van der Waals surface area (Å²) < 4.78 is 26.3. The molecule has 0 fully saturated rings. The lowest BCUT2D eigenvalue weighted by atomic mass is 10.1. The highest BCUT2D eigenvalue weighted by Gasteiger charge is 2.23. The first-order valence-corrected chi connectivity index (χ1v) is 9.48. The van der Waals surface area contributed by atoms with Crippen LogP contribution in [-0.2, 0) is 9.84 Å². The first-order valence-electron chi connectivity index (χ1n) is 6.41. The third kappa shape index (κ3) is 3.93. The number of aromatic carboxylic acids is 1. The Labute approximate surface area is 155 Å². The molecule has 24 heavy (non-hydrogen) atoms. The lowest BCUT2D eigenvalue weighted by molar-refractivity contribution is 0.0697. The summed E-state index contributed by atoms with van der Waals surface area (Å²) in [5, 5.41) is 18.1. The number of carbonyl (C=O) groups is 1. The molecule has 0 amide bonds. The minimum absolute atomic E-state index is 0.0353. The lowest BCUT2D eigenvalue weighted by Crippen LogP contribution is -2.04. The van der Waals surface area contributed by atoms with Crippen molar-refractivity contribution in [1.82, 2.24) is 0 Å². The summed E-state index contributed by atoms with van der Waals surface area (Å²) in [6.45, 7) is 0. The van der Waals surface area contributed by atoms with E-state index < -0.39 is 20.7 Å². The summed E-state index contributed by atoms with van der Waals surface area (Å²) >= 11 is 6.38. The average Bonchev–Trinajstić information content (AvgIpc) is 2.55. The van der Waals surface area contributed by atoms with E-state index in [0.29, 0.717) is 14.5 Å². The number of rotatable bonds is 4. The van der Waals surface area contributed by atoms with Crippen LogP contribution in [0.15, 0.2) is 61.2 Å². The number of sulfone groups is 1. The minimum Gasteiger partial charge on any atom is -0.478 e. The van der Waals surface area contributed by atoms with Gasteiger partial charge in [0.25, 0.3) is 0 Å². The molecule has 0 aliphatic carbocycles. The molecule has 5 nitrogen and oxygen atoms in total. The van der Waals surface area contributed by atoms with Crippen LogP contribution >= 0.6 is 31.9 Å². The second kappa shape index (κ2) is 7.30. The van der Waals surface area contributed by atoms with Crippen LogP contribution in [0.2, 0.25) is 0 Å². The molecule has 0 aliphatic heterocycles. The Hall–Kier alpha value is -1.95. The van der Waals surface area contributed by atoms with Gasteiger partial charge in [-0.15, -0.1) is 0 Å². The molecule has 0 aliphatic rings. The number of carboxylic acids is 1. The number of halogens is 2. The molecule has 0 heterocycles. The SMILES string of the molecule is N#CC(=Cc1ccc(C(=O)O)cc1)S(=O)(=O)c1cc(Br)ccc1Br. The van der Waals surface area contributed by atoms with Crippen molar-refractivity contribution in [2.45, 2.75) is 4.90 Å². The van der Waals surface area contributed by atoms with Crippen LogP contribution in [0.4, 0.5) is 0 Å². The van der Waals surface area contributed by atoms with Gasteiger partial charge in [-0.3, -0.25) is 0 Å². The first kappa shape index (κ1) is 18.4. The molecule has 1 N–H and O–H groups in total. The van der Waals surface area contributed by atoms with Gasteiger partial charge in [0, 0.05) is 8.95 Å². The van der Waals surface area contributed by atoms with Crippen molar-refractivity contribution in [2.75, 3.05) is 0 Å². The van der Waals surface area contributed by atoms with E-state index in [-0.39, 0.29) is 10.5 Å². The van der Waals surface area contributed by atoms with Crippen molar-refractivity contribution in [3.63, 3.8) is 0 Å². The van der Waals surface area contributed by atoms with Crippen molar-refractivity contribution in [3.05, 3.63) is 67.4 Å². The van der Waals surface area contributed by atoms with Gasteiger partial charge in [0.15, 0.2) is 0 Å². The zero-order valence-corrected chi connectivity index (χ0v) is 15.9. The number of nitriles is 1. The molecule has 122 valence electrons. The molecule has 2 rings (SSSR count). The summed E-state index contributed by atoms with van der Waals surface area (Å²) in [6, 6.07) is 11.9. The van der Waals surface area contributed by atoms with Crippen molar-refractivity contribution >= 4 is 53.7 Å². The predicted molar refractivity (Wildman–Crippen MR) is 96.0 cm³/mol. The lowest BCUT2D eigenvalue weighted by Gasteiger charge is -2.06. The number of benzene rings is 2. The van der Waals surface area contributed by atoms with Crippen LogP contribution in [0, 0.1) is 11.3 Å². The topological polar surface area (TPSA) is 95.2 Å². The Balaban J connectivity index is 2.52. The van der Waals surface area contributed by atoms with Crippen LogP contribution < -0.4 is 0 Å². The summed E-state index contributed by atoms with van der Waals surface area (Å²) in [5.74, 6) is -1.09. The number of nitrogens with zero attached hydrogens (tertiary/aromatic N) is 1. The highest BCUT2D eigenvalue weighted by Crippen LogP contribution is 2.30.